The molecule has 6 saturated heterocycles. The summed E-state index contributed by atoms with van der Waals surface area (Å²) >= 11 is 0. The van der Waals surface area contributed by atoms with Crippen LogP contribution >= 0.6 is 0 Å². The summed E-state index contributed by atoms with van der Waals surface area (Å²) < 4.78 is 60.5. The van der Waals surface area contributed by atoms with Gasteiger partial charge >= 0.3 is 0 Å². The summed E-state index contributed by atoms with van der Waals surface area (Å²) in [6, 6.07) is 0. The predicted octanol–water partition coefficient (Wildman–Crippen LogP) is -14.1. The molecular formula is C36H62O31. The molecule has 31 heteroatoms. The fraction of sp³-hybridized carbons (Fsp3) is 1.00. The highest BCUT2D eigenvalue weighted by Crippen LogP contribution is 2.35. The Balaban J connectivity index is 1.21. The third kappa shape index (κ3) is 11.5. The Morgan fingerprint density at radius 3 is 0.955 bits per heavy atom. The van der Waals surface area contributed by atoms with E-state index in [1.54, 1.807) is 0 Å². The number of aliphatic hydroxyl groups is 20. The maximum absolute atomic E-state index is 11.6. The molecule has 392 valence electrons. The van der Waals surface area contributed by atoms with Crippen molar-refractivity contribution in [1.82, 2.24) is 0 Å². The second-order valence-electron chi connectivity index (χ2n) is 16.8. The van der Waals surface area contributed by atoms with Crippen molar-refractivity contribution < 1.29 is 154 Å². The topological polar surface area (TPSA) is 506 Å². The molecule has 6 heterocycles. The van der Waals surface area contributed by atoms with Gasteiger partial charge in [0, 0.05) is 0 Å². The van der Waals surface area contributed by atoms with Gasteiger partial charge in [-0.05, 0) is 0 Å². The molecule has 0 spiro atoms. The maximum atomic E-state index is 11.6. The molecule has 0 aromatic rings. The molecule has 6 aliphatic heterocycles. The largest absolute Gasteiger partial charge is 0.394 e. The van der Waals surface area contributed by atoms with E-state index in [-0.39, 0.29) is 0 Å². The zero-order chi connectivity index (χ0) is 49.3. The van der Waals surface area contributed by atoms with Gasteiger partial charge < -0.3 is 154 Å². The summed E-state index contributed by atoms with van der Waals surface area (Å²) in [6.45, 7) is -5.35. The molecule has 0 saturated carbocycles. The first kappa shape index (κ1) is 55.1. The summed E-state index contributed by atoms with van der Waals surface area (Å²) in [5.41, 5.74) is 0. The smallest absolute Gasteiger partial charge is 0.187 e. The second kappa shape index (κ2) is 23.5. The Kier molecular flexibility index (Phi) is 19.4. The average molecular weight is 991 g/mol. The van der Waals surface area contributed by atoms with Crippen molar-refractivity contribution in [1.29, 1.82) is 0 Å². The molecule has 6 fully saturated rings. The standard InChI is InChI=1S/C36H62O31/c37-1-7-13(41)19(47)22(50)32(60-7)57-5-11-15(43)21(49)24(52)35(63-11)67-30-18(46)12(64-36(27(30)55)65-28-16(44)9(3-39)59-31(56)25(28)53)6-58-33-26(54)29(17(45)10(4-40)61-33)66-34-23(51)20(48)14(42)8(2-38)62-34/h7-56H,1-6H2/t7-,8-,9-,10-,11-,12-,13-,14-,15-,16-,17-,18-,19+,20+,21+,22-,23-,24-,25-,26-,27-,28+,29+,30+,31-,32-,33-,34+,35+,36+/m1/s1. The molecule has 0 bridgehead atoms. The highest BCUT2D eigenvalue weighted by Gasteiger charge is 2.56. The molecule has 0 amide bonds. The molecule has 0 radical (unpaired) electrons. The first-order valence-electron chi connectivity index (χ1n) is 21.1. The first-order valence-corrected chi connectivity index (χ1v) is 21.1. The van der Waals surface area contributed by atoms with Gasteiger partial charge in [0.05, 0.1) is 39.6 Å². The Labute approximate surface area is 378 Å². The van der Waals surface area contributed by atoms with Crippen molar-refractivity contribution in [2.45, 2.75) is 184 Å². The van der Waals surface area contributed by atoms with Gasteiger partial charge in [-0.3, -0.25) is 0 Å². The maximum Gasteiger partial charge on any atom is 0.187 e. The Bertz CT molecular complexity index is 1510. The van der Waals surface area contributed by atoms with Crippen LogP contribution in [-0.2, 0) is 52.1 Å². The van der Waals surface area contributed by atoms with Crippen molar-refractivity contribution in [2.75, 3.05) is 39.6 Å². The third-order valence-electron chi connectivity index (χ3n) is 12.4. The van der Waals surface area contributed by atoms with Crippen LogP contribution in [-0.4, -0.2) is 326 Å². The SMILES string of the molecule is OC[C@H]1O[C@@H](OC[C@H]2O[C@@H](O[C@@H]3[C@@H](O)[C@H](O[C@@H]4[C@@H](O)[C@H](O)O[C@H](CO)[C@H]4O)O[C@H](CO[C@@H]4O[C@H](CO)[C@@H](O)[C@H](O[C@@H]5O[C@H](CO)[C@@H](O)[C@H](O)[C@H]5O)[C@H]4O)[C@H]3O)[C@H](O)[C@@H](O)[C@@H]2O)[C@H](O)[C@@H](O)[C@@H]1O. The average Bonchev–Trinajstić information content (AvgIpc) is 3.31. The van der Waals surface area contributed by atoms with Crippen LogP contribution < -0.4 is 0 Å². The van der Waals surface area contributed by atoms with Crippen LogP contribution in [0.2, 0.25) is 0 Å². The first-order chi connectivity index (χ1) is 31.7. The minimum Gasteiger partial charge on any atom is -0.394 e. The number of rotatable bonds is 16. The number of hydrogen-bond donors (Lipinski definition) is 20. The summed E-state index contributed by atoms with van der Waals surface area (Å²) in [6.07, 6.45) is -57.7. The van der Waals surface area contributed by atoms with Gasteiger partial charge in [0.25, 0.3) is 0 Å². The van der Waals surface area contributed by atoms with Gasteiger partial charge in [-0.25, -0.2) is 0 Å². The lowest BCUT2D eigenvalue weighted by molar-refractivity contribution is -0.387. The molecule has 31 nitrogen and oxygen atoms in total. The van der Waals surface area contributed by atoms with Crippen molar-refractivity contribution >= 4 is 0 Å². The van der Waals surface area contributed by atoms with E-state index in [2.05, 4.69) is 0 Å². The number of aliphatic hydroxyl groups excluding tert-OH is 20. The predicted molar refractivity (Wildman–Crippen MR) is 199 cm³/mol. The van der Waals surface area contributed by atoms with Gasteiger partial charge in [0.1, 0.15) is 146 Å². The van der Waals surface area contributed by atoms with Crippen molar-refractivity contribution in [2.24, 2.45) is 0 Å². The summed E-state index contributed by atoms with van der Waals surface area (Å²) in [4.78, 5) is 0. The zero-order valence-electron chi connectivity index (χ0n) is 35.0. The molecule has 20 N–H and O–H groups in total. The molecule has 67 heavy (non-hydrogen) atoms. The lowest BCUT2D eigenvalue weighted by atomic mass is 9.95. The minimum absolute atomic E-state index is 0.823. The van der Waals surface area contributed by atoms with Gasteiger partial charge in [-0.1, -0.05) is 0 Å². The van der Waals surface area contributed by atoms with Gasteiger partial charge in [0.15, 0.2) is 37.7 Å². The number of ether oxygens (including phenoxy) is 11. The van der Waals surface area contributed by atoms with Crippen LogP contribution in [0.5, 0.6) is 0 Å². The van der Waals surface area contributed by atoms with Crippen LogP contribution in [0.1, 0.15) is 0 Å². The van der Waals surface area contributed by atoms with Crippen LogP contribution in [0.3, 0.4) is 0 Å². The molecule has 0 aromatic heterocycles. The zero-order valence-corrected chi connectivity index (χ0v) is 35.0. The summed E-state index contributed by atoms with van der Waals surface area (Å²) in [5.74, 6) is 0. The Hall–Kier alpha value is -1.24. The molecule has 6 aliphatic rings. The normalized spacial score (nSPS) is 53.4. The van der Waals surface area contributed by atoms with E-state index in [4.69, 9.17) is 52.1 Å². The van der Waals surface area contributed by atoms with E-state index in [0.29, 0.717) is 0 Å². The molecule has 6 rings (SSSR count). The van der Waals surface area contributed by atoms with Crippen LogP contribution in [0.25, 0.3) is 0 Å². The monoisotopic (exact) mass is 990 g/mol. The van der Waals surface area contributed by atoms with E-state index in [0.717, 1.165) is 0 Å². The molecule has 0 unspecified atom stereocenters. The van der Waals surface area contributed by atoms with E-state index in [1.165, 1.54) is 0 Å². The second-order valence-corrected chi connectivity index (χ2v) is 16.8. The quantitative estimate of drug-likeness (QED) is 0.0683. The van der Waals surface area contributed by atoms with Crippen molar-refractivity contribution in [3.63, 3.8) is 0 Å². The van der Waals surface area contributed by atoms with E-state index < -0.39 is 224 Å². The fourth-order valence-electron chi connectivity index (χ4n) is 8.29. The lowest BCUT2D eigenvalue weighted by Crippen LogP contribution is -2.67. The van der Waals surface area contributed by atoms with E-state index >= 15 is 0 Å². The molecule has 0 aliphatic carbocycles. The van der Waals surface area contributed by atoms with Crippen LogP contribution in [0.15, 0.2) is 0 Å². The van der Waals surface area contributed by atoms with Gasteiger partial charge in [-0.2, -0.15) is 0 Å². The Morgan fingerprint density at radius 2 is 0.522 bits per heavy atom. The Morgan fingerprint density at radius 1 is 0.254 bits per heavy atom. The van der Waals surface area contributed by atoms with E-state index in [1.807, 2.05) is 0 Å². The molecular weight excluding hydrogens is 928 g/mol. The number of hydrogen-bond acceptors (Lipinski definition) is 31. The van der Waals surface area contributed by atoms with E-state index in [9.17, 15) is 102 Å². The summed E-state index contributed by atoms with van der Waals surface area (Å²) in [5, 5.41) is 210. The molecule has 30 atom stereocenters. The highest BCUT2D eigenvalue weighted by molar-refractivity contribution is 4.99. The third-order valence-corrected chi connectivity index (χ3v) is 12.4. The van der Waals surface area contributed by atoms with Gasteiger partial charge in [-0.15, -0.1) is 0 Å². The lowest BCUT2D eigenvalue weighted by Gasteiger charge is -2.48. The van der Waals surface area contributed by atoms with Gasteiger partial charge in [0.2, 0.25) is 0 Å². The fourth-order valence-corrected chi connectivity index (χ4v) is 8.29. The minimum atomic E-state index is -2.26. The van der Waals surface area contributed by atoms with Crippen LogP contribution in [0.4, 0.5) is 0 Å². The highest BCUT2D eigenvalue weighted by atomic mass is 16.8. The molecule has 0 aromatic carbocycles. The van der Waals surface area contributed by atoms with Crippen molar-refractivity contribution in [3.05, 3.63) is 0 Å². The van der Waals surface area contributed by atoms with Crippen LogP contribution in [0, 0.1) is 0 Å². The summed E-state index contributed by atoms with van der Waals surface area (Å²) in [7, 11) is 0. The van der Waals surface area contributed by atoms with Crippen molar-refractivity contribution in [3.8, 4) is 0 Å².